The van der Waals surface area contributed by atoms with E-state index in [-0.39, 0.29) is 11.8 Å². The number of nitrogens with zero attached hydrogens (tertiary/aromatic N) is 1. The number of amides is 1. The zero-order valence-corrected chi connectivity index (χ0v) is 20.1. The third-order valence-electron chi connectivity index (χ3n) is 5.78. The highest BCUT2D eigenvalue weighted by Crippen LogP contribution is 2.34. The van der Waals surface area contributed by atoms with Crippen LogP contribution in [-0.4, -0.2) is 45.9 Å². The van der Waals surface area contributed by atoms with Crippen LogP contribution in [-0.2, 0) is 14.8 Å². The van der Waals surface area contributed by atoms with Gasteiger partial charge in [0.15, 0.2) is 0 Å². The van der Waals surface area contributed by atoms with Crippen LogP contribution in [0.25, 0.3) is 11.1 Å². The van der Waals surface area contributed by atoms with Crippen molar-refractivity contribution in [3.05, 3.63) is 60.0 Å². The van der Waals surface area contributed by atoms with Gasteiger partial charge in [0.05, 0.1) is 14.2 Å². The van der Waals surface area contributed by atoms with Gasteiger partial charge in [-0.2, -0.15) is 4.31 Å². The molecule has 0 aliphatic carbocycles. The van der Waals surface area contributed by atoms with Gasteiger partial charge in [0, 0.05) is 30.3 Å². The second-order valence-corrected chi connectivity index (χ2v) is 10.9. The Balaban J connectivity index is 1.43. The maximum Gasteiger partial charge on any atom is 0.252 e. The molecule has 1 aliphatic heterocycles. The highest BCUT2D eigenvalue weighted by Gasteiger charge is 2.32. The molecule has 1 fully saturated rings. The molecule has 4 rings (SSSR count). The van der Waals surface area contributed by atoms with E-state index in [1.54, 1.807) is 37.8 Å². The maximum absolute atomic E-state index is 12.9. The average molecular weight is 487 g/mol. The van der Waals surface area contributed by atoms with Crippen LogP contribution in [0.15, 0.2) is 64.2 Å². The quantitative estimate of drug-likeness (QED) is 0.533. The second-order valence-electron chi connectivity index (χ2n) is 7.74. The Hall–Kier alpha value is -2.88. The van der Waals surface area contributed by atoms with Gasteiger partial charge in [-0.1, -0.05) is 18.2 Å². The molecule has 9 heteroatoms. The van der Waals surface area contributed by atoms with Crippen LogP contribution in [0.4, 0.5) is 5.69 Å². The number of thiophene rings is 1. The fourth-order valence-electron chi connectivity index (χ4n) is 3.92. The third kappa shape index (κ3) is 5.05. The summed E-state index contributed by atoms with van der Waals surface area (Å²) in [5.41, 5.74) is 2.46. The number of methoxy groups -OCH3 is 2. The molecule has 0 saturated carbocycles. The van der Waals surface area contributed by atoms with Gasteiger partial charge in [-0.15, -0.1) is 11.3 Å². The lowest BCUT2D eigenvalue weighted by Crippen LogP contribution is -2.41. The van der Waals surface area contributed by atoms with Gasteiger partial charge in [-0.05, 0) is 60.2 Å². The summed E-state index contributed by atoms with van der Waals surface area (Å²) in [7, 11) is -0.250. The summed E-state index contributed by atoms with van der Waals surface area (Å²) in [6.07, 6.45) is 0.968. The molecule has 33 heavy (non-hydrogen) atoms. The SMILES string of the molecule is COc1ccc(-c2cc(NC(=O)C3CCN(S(=O)(=O)c4cccs4)CC3)ccc2OC)cc1. The average Bonchev–Trinajstić information content (AvgIpc) is 3.40. The zero-order valence-electron chi connectivity index (χ0n) is 18.5. The Morgan fingerprint density at radius 3 is 2.36 bits per heavy atom. The standard InChI is InChI=1S/C24H26N2O5S2/c1-30-20-8-5-17(6-9-20)21-16-19(7-10-22(21)31-2)25-24(27)18-11-13-26(14-12-18)33(28,29)23-4-3-15-32-23/h3-10,15-16,18H,11-14H2,1-2H3,(H,25,27). The zero-order chi connectivity index (χ0) is 23.4. The van der Waals surface area contributed by atoms with E-state index < -0.39 is 10.0 Å². The summed E-state index contributed by atoms with van der Waals surface area (Å²) in [6, 6.07) is 16.5. The van der Waals surface area contributed by atoms with Gasteiger partial charge in [0.1, 0.15) is 15.7 Å². The van der Waals surface area contributed by atoms with Crippen molar-refractivity contribution in [3.8, 4) is 22.6 Å². The summed E-state index contributed by atoms with van der Waals surface area (Å²) in [4.78, 5) is 12.9. The molecule has 0 unspecified atom stereocenters. The summed E-state index contributed by atoms with van der Waals surface area (Å²) in [5.74, 6) is 1.11. The molecule has 7 nitrogen and oxygen atoms in total. The fraction of sp³-hybridized carbons (Fsp3) is 0.292. The van der Waals surface area contributed by atoms with Crippen LogP contribution in [0.2, 0.25) is 0 Å². The van der Waals surface area contributed by atoms with Crippen LogP contribution < -0.4 is 14.8 Å². The molecule has 3 aromatic rings. The van der Waals surface area contributed by atoms with Crippen LogP contribution in [0.1, 0.15) is 12.8 Å². The predicted molar refractivity (Wildman–Crippen MR) is 129 cm³/mol. The van der Waals surface area contributed by atoms with Crippen molar-refractivity contribution in [2.45, 2.75) is 17.1 Å². The number of piperidine rings is 1. The minimum atomic E-state index is -3.48. The first-order valence-corrected chi connectivity index (χ1v) is 12.9. The molecule has 1 saturated heterocycles. The van der Waals surface area contributed by atoms with E-state index >= 15 is 0 Å². The number of ether oxygens (including phenoxy) is 2. The molecule has 1 N–H and O–H groups in total. The predicted octanol–water partition coefficient (Wildman–Crippen LogP) is 4.47. The number of hydrogen-bond donors (Lipinski definition) is 1. The topological polar surface area (TPSA) is 84.9 Å². The number of hydrogen-bond acceptors (Lipinski definition) is 6. The summed E-state index contributed by atoms with van der Waals surface area (Å²) in [5, 5.41) is 4.74. The molecule has 0 spiro atoms. The van der Waals surface area contributed by atoms with Gasteiger partial charge in [0.25, 0.3) is 10.0 Å². The summed E-state index contributed by atoms with van der Waals surface area (Å²) >= 11 is 1.21. The maximum atomic E-state index is 12.9. The van der Waals surface area contributed by atoms with Crippen LogP contribution in [0, 0.1) is 5.92 Å². The van der Waals surface area contributed by atoms with Gasteiger partial charge < -0.3 is 14.8 Å². The smallest absolute Gasteiger partial charge is 0.252 e. The Kier molecular flexibility index (Phi) is 7.02. The Morgan fingerprint density at radius 2 is 1.76 bits per heavy atom. The van der Waals surface area contributed by atoms with Crippen molar-refractivity contribution in [2.75, 3.05) is 32.6 Å². The van der Waals surface area contributed by atoms with Crippen molar-refractivity contribution in [2.24, 2.45) is 5.92 Å². The Bertz CT molecular complexity index is 1200. The number of sulfonamides is 1. The molecule has 174 valence electrons. The summed E-state index contributed by atoms with van der Waals surface area (Å²) in [6.45, 7) is 0.663. The largest absolute Gasteiger partial charge is 0.497 e. The summed E-state index contributed by atoms with van der Waals surface area (Å²) < 4.78 is 37.9. The van der Waals surface area contributed by atoms with Crippen molar-refractivity contribution in [1.29, 1.82) is 0 Å². The van der Waals surface area contributed by atoms with E-state index in [2.05, 4.69) is 5.32 Å². The Labute approximate surface area is 198 Å². The van der Waals surface area contributed by atoms with Gasteiger partial charge in [-0.3, -0.25) is 4.79 Å². The third-order valence-corrected chi connectivity index (χ3v) is 9.05. The molecular formula is C24H26N2O5S2. The van der Waals surface area contributed by atoms with Crippen molar-refractivity contribution in [3.63, 3.8) is 0 Å². The van der Waals surface area contributed by atoms with E-state index in [0.29, 0.717) is 41.6 Å². The molecule has 2 heterocycles. The number of anilines is 1. The number of carbonyl (C=O) groups excluding carboxylic acids is 1. The molecule has 1 aromatic heterocycles. The fourth-order valence-corrected chi connectivity index (χ4v) is 6.54. The van der Waals surface area contributed by atoms with Gasteiger partial charge in [-0.25, -0.2) is 8.42 Å². The lowest BCUT2D eigenvalue weighted by Gasteiger charge is -2.30. The molecule has 0 radical (unpaired) electrons. The minimum Gasteiger partial charge on any atom is -0.497 e. The first kappa shape index (κ1) is 23.3. The molecule has 2 aromatic carbocycles. The van der Waals surface area contributed by atoms with Crippen molar-refractivity contribution >= 4 is 33.0 Å². The number of benzene rings is 2. The molecule has 1 aliphatic rings. The number of rotatable bonds is 7. The van der Waals surface area contributed by atoms with Gasteiger partial charge >= 0.3 is 0 Å². The second kappa shape index (κ2) is 9.94. The van der Waals surface area contributed by atoms with Crippen molar-refractivity contribution < 1.29 is 22.7 Å². The van der Waals surface area contributed by atoms with Crippen molar-refractivity contribution in [1.82, 2.24) is 4.31 Å². The van der Waals surface area contributed by atoms with E-state index in [1.807, 2.05) is 36.4 Å². The molecule has 0 bridgehead atoms. The lowest BCUT2D eigenvalue weighted by molar-refractivity contribution is -0.120. The Morgan fingerprint density at radius 1 is 1.03 bits per heavy atom. The normalized spacial score (nSPS) is 15.2. The van der Waals surface area contributed by atoms with E-state index in [9.17, 15) is 13.2 Å². The molecular weight excluding hydrogens is 460 g/mol. The van der Waals surface area contributed by atoms with E-state index in [0.717, 1.165) is 16.9 Å². The molecule has 0 atom stereocenters. The van der Waals surface area contributed by atoms with Crippen LogP contribution >= 0.6 is 11.3 Å². The van der Waals surface area contributed by atoms with Crippen LogP contribution in [0.3, 0.4) is 0 Å². The lowest BCUT2D eigenvalue weighted by atomic mass is 9.97. The highest BCUT2D eigenvalue weighted by molar-refractivity contribution is 7.91. The minimum absolute atomic E-state index is 0.103. The first-order valence-electron chi connectivity index (χ1n) is 10.6. The van der Waals surface area contributed by atoms with Crippen LogP contribution in [0.5, 0.6) is 11.5 Å². The van der Waals surface area contributed by atoms with E-state index in [1.165, 1.54) is 15.6 Å². The van der Waals surface area contributed by atoms with Gasteiger partial charge in [0.2, 0.25) is 5.91 Å². The number of carbonyl (C=O) groups is 1. The molecule has 1 amide bonds. The monoisotopic (exact) mass is 486 g/mol. The number of nitrogens with one attached hydrogen (secondary N) is 1. The highest BCUT2D eigenvalue weighted by atomic mass is 32.2. The first-order chi connectivity index (χ1) is 15.9. The van der Waals surface area contributed by atoms with E-state index in [4.69, 9.17) is 9.47 Å².